The predicted molar refractivity (Wildman–Crippen MR) is 95.6 cm³/mol. The molecule has 5 heteroatoms. The number of methoxy groups -OCH3 is 1. The van der Waals surface area contributed by atoms with Gasteiger partial charge in [-0.1, -0.05) is 37.3 Å². The number of benzene rings is 2. The van der Waals surface area contributed by atoms with Gasteiger partial charge in [-0.05, 0) is 36.2 Å². The van der Waals surface area contributed by atoms with E-state index in [1.807, 2.05) is 37.3 Å². The van der Waals surface area contributed by atoms with Gasteiger partial charge in [-0.15, -0.1) is 11.8 Å². The summed E-state index contributed by atoms with van der Waals surface area (Å²) in [5, 5.41) is 2.95. The Kier molecular flexibility index (Phi) is 6.82. The molecular formula is C19H22FNO2S. The summed E-state index contributed by atoms with van der Waals surface area (Å²) in [5.74, 6) is -0.0705. The van der Waals surface area contributed by atoms with Gasteiger partial charge < -0.3 is 10.1 Å². The molecule has 3 nitrogen and oxygen atoms in total. The van der Waals surface area contributed by atoms with E-state index in [1.165, 1.54) is 23.9 Å². The van der Waals surface area contributed by atoms with Crippen molar-refractivity contribution in [3.05, 3.63) is 66.0 Å². The molecule has 0 saturated carbocycles. The standard InChI is InChI=1S/C19H22FNO2S/c1-3-19(23-2,15-7-5-4-6-8-15)14-21-18(22)13-24-17-11-9-16(20)10-12-17/h4-12H,3,13-14H2,1-2H3,(H,21,22)/t19-/m0/s1. The zero-order chi connectivity index (χ0) is 17.4. The number of nitrogens with one attached hydrogen (secondary N) is 1. The maximum absolute atomic E-state index is 12.9. The maximum Gasteiger partial charge on any atom is 0.230 e. The first-order valence-corrected chi connectivity index (χ1v) is 8.84. The van der Waals surface area contributed by atoms with E-state index < -0.39 is 5.60 Å². The molecule has 0 fully saturated rings. The van der Waals surface area contributed by atoms with Crippen LogP contribution in [0.5, 0.6) is 0 Å². The van der Waals surface area contributed by atoms with Gasteiger partial charge >= 0.3 is 0 Å². The fourth-order valence-corrected chi connectivity index (χ4v) is 3.21. The van der Waals surface area contributed by atoms with Crippen molar-refractivity contribution >= 4 is 17.7 Å². The van der Waals surface area contributed by atoms with E-state index in [4.69, 9.17) is 4.74 Å². The van der Waals surface area contributed by atoms with Crippen molar-refractivity contribution < 1.29 is 13.9 Å². The Morgan fingerprint density at radius 2 is 1.83 bits per heavy atom. The molecule has 2 aromatic rings. The van der Waals surface area contributed by atoms with Crippen LogP contribution < -0.4 is 5.32 Å². The molecule has 0 saturated heterocycles. The normalized spacial score (nSPS) is 13.3. The van der Waals surface area contributed by atoms with Crippen LogP contribution in [0, 0.1) is 5.82 Å². The molecule has 24 heavy (non-hydrogen) atoms. The molecule has 0 aliphatic rings. The number of hydrogen-bond donors (Lipinski definition) is 1. The number of halogens is 1. The molecule has 0 bridgehead atoms. The lowest BCUT2D eigenvalue weighted by atomic mass is 9.90. The van der Waals surface area contributed by atoms with Gasteiger partial charge in [-0.2, -0.15) is 0 Å². The van der Waals surface area contributed by atoms with E-state index in [0.29, 0.717) is 6.54 Å². The van der Waals surface area contributed by atoms with E-state index in [9.17, 15) is 9.18 Å². The van der Waals surface area contributed by atoms with E-state index in [2.05, 4.69) is 5.32 Å². The lowest BCUT2D eigenvalue weighted by molar-refractivity contribution is -0.120. The molecule has 2 rings (SSSR count). The molecule has 1 amide bonds. The zero-order valence-corrected chi connectivity index (χ0v) is 14.7. The first-order chi connectivity index (χ1) is 11.6. The van der Waals surface area contributed by atoms with Crippen molar-refractivity contribution in [3.63, 3.8) is 0 Å². The lowest BCUT2D eigenvalue weighted by Gasteiger charge is -2.32. The van der Waals surface area contributed by atoms with Gasteiger partial charge in [0.2, 0.25) is 5.91 Å². The second-order valence-electron chi connectivity index (χ2n) is 5.44. The highest BCUT2D eigenvalue weighted by Gasteiger charge is 2.30. The number of amides is 1. The number of carbonyl (C=O) groups is 1. The summed E-state index contributed by atoms with van der Waals surface area (Å²) in [6.45, 7) is 2.45. The van der Waals surface area contributed by atoms with Crippen LogP contribution in [0.1, 0.15) is 18.9 Å². The second-order valence-corrected chi connectivity index (χ2v) is 6.49. The molecule has 0 aliphatic heterocycles. The van der Waals surface area contributed by atoms with Crippen LogP contribution >= 0.6 is 11.8 Å². The number of rotatable bonds is 8. The van der Waals surface area contributed by atoms with Crippen molar-refractivity contribution in [3.8, 4) is 0 Å². The number of hydrogen-bond acceptors (Lipinski definition) is 3. The molecule has 0 radical (unpaired) electrons. The Bertz CT molecular complexity index is 642. The SMILES string of the molecule is CC[C@@](CNC(=O)CSc1ccc(F)cc1)(OC)c1ccccc1. The van der Waals surface area contributed by atoms with Crippen LogP contribution in [-0.2, 0) is 15.1 Å². The first-order valence-electron chi connectivity index (χ1n) is 7.85. The topological polar surface area (TPSA) is 38.3 Å². The molecule has 0 spiro atoms. The summed E-state index contributed by atoms with van der Waals surface area (Å²) in [6.07, 6.45) is 0.749. The Hall–Kier alpha value is -1.85. The third-order valence-corrected chi connectivity index (χ3v) is 5.03. The van der Waals surface area contributed by atoms with Gasteiger partial charge in [0.15, 0.2) is 0 Å². The molecule has 1 atom stereocenters. The highest BCUT2D eigenvalue weighted by Crippen LogP contribution is 2.28. The van der Waals surface area contributed by atoms with Crippen molar-refractivity contribution in [1.82, 2.24) is 5.32 Å². The van der Waals surface area contributed by atoms with E-state index in [0.717, 1.165) is 16.9 Å². The van der Waals surface area contributed by atoms with Crippen LogP contribution in [0.4, 0.5) is 4.39 Å². The summed E-state index contributed by atoms with van der Waals surface area (Å²) in [7, 11) is 1.66. The molecule has 128 valence electrons. The quantitative estimate of drug-likeness (QED) is 0.734. The Morgan fingerprint density at radius 1 is 1.17 bits per heavy atom. The largest absolute Gasteiger partial charge is 0.372 e. The molecular weight excluding hydrogens is 325 g/mol. The third-order valence-electron chi connectivity index (χ3n) is 4.02. The zero-order valence-electron chi connectivity index (χ0n) is 13.9. The van der Waals surface area contributed by atoms with Crippen LogP contribution in [0.15, 0.2) is 59.5 Å². The summed E-state index contributed by atoms with van der Waals surface area (Å²) < 4.78 is 18.6. The minimum Gasteiger partial charge on any atom is -0.372 e. The van der Waals surface area contributed by atoms with Crippen molar-refractivity contribution in [2.75, 3.05) is 19.4 Å². The van der Waals surface area contributed by atoms with Gasteiger partial charge in [0.25, 0.3) is 0 Å². The van der Waals surface area contributed by atoms with Gasteiger partial charge in [-0.25, -0.2) is 4.39 Å². The molecule has 0 unspecified atom stereocenters. The van der Waals surface area contributed by atoms with Gasteiger partial charge in [0.1, 0.15) is 11.4 Å². The lowest BCUT2D eigenvalue weighted by Crippen LogP contribution is -2.42. The van der Waals surface area contributed by atoms with E-state index in [-0.39, 0.29) is 17.5 Å². The van der Waals surface area contributed by atoms with Crippen molar-refractivity contribution in [2.45, 2.75) is 23.8 Å². The minimum absolute atomic E-state index is 0.0740. The van der Waals surface area contributed by atoms with Crippen LogP contribution in [-0.4, -0.2) is 25.3 Å². The molecule has 0 heterocycles. The van der Waals surface area contributed by atoms with Gasteiger partial charge in [-0.3, -0.25) is 4.79 Å². The number of carbonyl (C=O) groups excluding carboxylic acids is 1. The Labute approximate surface area is 146 Å². The Balaban J connectivity index is 1.92. The van der Waals surface area contributed by atoms with Crippen LogP contribution in [0.25, 0.3) is 0 Å². The Morgan fingerprint density at radius 3 is 2.42 bits per heavy atom. The summed E-state index contributed by atoms with van der Waals surface area (Å²) in [4.78, 5) is 13.0. The highest BCUT2D eigenvalue weighted by atomic mass is 32.2. The number of thioether (sulfide) groups is 1. The highest BCUT2D eigenvalue weighted by molar-refractivity contribution is 8.00. The van der Waals surface area contributed by atoms with Crippen molar-refractivity contribution in [1.29, 1.82) is 0 Å². The van der Waals surface area contributed by atoms with Crippen LogP contribution in [0.3, 0.4) is 0 Å². The van der Waals surface area contributed by atoms with Gasteiger partial charge in [0, 0.05) is 12.0 Å². The van der Waals surface area contributed by atoms with E-state index >= 15 is 0 Å². The van der Waals surface area contributed by atoms with Gasteiger partial charge in [0.05, 0.1) is 12.3 Å². The molecule has 0 aromatic heterocycles. The minimum atomic E-state index is -0.530. The fraction of sp³-hybridized carbons (Fsp3) is 0.316. The molecule has 1 N–H and O–H groups in total. The summed E-state index contributed by atoms with van der Waals surface area (Å²) in [6, 6.07) is 16.0. The average Bonchev–Trinajstić information content (AvgIpc) is 2.63. The monoisotopic (exact) mass is 347 g/mol. The smallest absolute Gasteiger partial charge is 0.230 e. The van der Waals surface area contributed by atoms with E-state index in [1.54, 1.807) is 19.2 Å². The predicted octanol–water partition coefficient (Wildman–Crippen LogP) is 3.99. The summed E-state index contributed by atoms with van der Waals surface area (Å²) >= 11 is 1.38. The molecule has 0 aliphatic carbocycles. The average molecular weight is 347 g/mol. The van der Waals surface area contributed by atoms with Crippen LogP contribution in [0.2, 0.25) is 0 Å². The number of ether oxygens (including phenoxy) is 1. The second kappa shape index (κ2) is 8.85. The fourth-order valence-electron chi connectivity index (χ4n) is 2.48. The summed E-state index contributed by atoms with van der Waals surface area (Å²) in [5.41, 5.74) is 0.513. The first kappa shape index (κ1) is 18.5. The third kappa shape index (κ3) is 4.82. The maximum atomic E-state index is 12.9. The molecule has 2 aromatic carbocycles. The van der Waals surface area contributed by atoms with Crippen molar-refractivity contribution in [2.24, 2.45) is 0 Å².